The topological polar surface area (TPSA) is 35.2 Å². The lowest BCUT2D eigenvalue weighted by atomic mass is 9.99. The summed E-state index contributed by atoms with van der Waals surface area (Å²) in [6.45, 7) is 0. The molecule has 0 aliphatic rings. The van der Waals surface area contributed by atoms with Gasteiger partial charge in [-0.1, -0.05) is 12.1 Å². The molecule has 0 unspecified atom stereocenters. The van der Waals surface area contributed by atoms with Crippen molar-refractivity contribution in [2.45, 2.75) is 12.4 Å². The highest BCUT2D eigenvalue weighted by Crippen LogP contribution is 2.27. The molecule has 112 valence electrons. The van der Waals surface area contributed by atoms with Crippen molar-refractivity contribution in [2.24, 2.45) is 5.73 Å². The zero-order valence-corrected chi connectivity index (χ0v) is 10.5. The minimum atomic E-state index is -4.79. The maximum absolute atomic E-state index is 13.6. The van der Waals surface area contributed by atoms with E-state index in [1.807, 2.05) is 0 Å². The lowest BCUT2D eigenvalue weighted by Gasteiger charge is -2.15. The van der Waals surface area contributed by atoms with Gasteiger partial charge in [0, 0.05) is 5.56 Å². The summed E-state index contributed by atoms with van der Waals surface area (Å²) in [5.41, 5.74) is 6.04. The Kier molecular flexibility index (Phi) is 4.13. The lowest BCUT2D eigenvalue weighted by Crippen LogP contribution is -2.17. The van der Waals surface area contributed by atoms with E-state index in [0.717, 1.165) is 30.3 Å². The third-order valence-electron chi connectivity index (χ3n) is 2.77. The molecule has 0 aliphatic heterocycles. The number of ether oxygens (including phenoxy) is 1. The molecule has 0 heterocycles. The Labute approximate surface area is 116 Å². The van der Waals surface area contributed by atoms with Crippen LogP contribution < -0.4 is 10.5 Å². The van der Waals surface area contributed by atoms with Crippen molar-refractivity contribution >= 4 is 0 Å². The Morgan fingerprint density at radius 2 is 1.57 bits per heavy atom. The molecule has 2 aromatic carbocycles. The molecule has 2 N–H and O–H groups in total. The molecule has 2 rings (SSSR count). The molecule has 0 aliphatic carbocycles. The van der Waals surface area contributed by atoms with Crippen LogP contribution in [0.2, 0.25) is 0 Å². The number of benzene rings is 2. The Morgan fingerprint density at radius 1 is 0.952 bits per heavy atom. The first-order valence-corrected chi connectivity index (χ1v) is 5.82. The van der Waals surface area contributed by atoms with Gasteiger partial charge in [0.05, 0.1) is 6.04 Å². The molecule has 2 nitrogen and oxygen atoms in total. The van der Waals surface area contributed by atoms with E-state index in [9.17, 15) is 22.0 Å². The van der Waals surface area contributed by atoms with Gasteiger partial charge in [0.15, 0.2) is 0 Å². The van der Waals surface area contributed by atoms with Gasteiger partial charge in [-0.15, -0.1) is 13.2 Å². The minimum Gasteiger partial charge on any atom is -0.406 e. The number of alkyl halides is 3. The second kappa shape index (κ2) is 5.69. The summed E-state index contributed by atoms with van der Waals surface area (Å²) in [5.74, 6) is -1.77. The van der Waals surface area contributed by atoms with Crippen molar-refractivity contribution in [3.8, 4) is 5.75 Å². The second-order valence-electron chi connectivity index (χ2n) is 4.26. The van der Waals surface area contributed by atoms with E-state index < -0.39 is 29.8 Å². The van der Waals surface area contributed by atoms with Crippen LogP contribution >= 0.6 is 0 Å². The van der Waals surface area contributed by atoms with Gasteiger partial charge in [0.2, 0.25) is 0 Å². The van der Waals surface area contributed by atoms with Gasteiger partial charge in [-0.3, -0.25) is 0 Å². The minimum absolute atomic E-state index is 0.0838. The Balaban J connectivity index is 2.24. The summed E-state index contributed by atoms with van der Waals surface area (Å²) >= 11 is 0. The third-order valence-corrected chi connectivity index (χ3v) is 2.77. The van der Waals surface area contributed by atoms with Crippen molar-refractivity contribution in [3.05, 3.63) is 65.2 Å². The van der Waals surface area contributed by atoms with Gasteiger partial charge < -0.3 is 10.5 Å². The fourth-order valence-corrected chi connectivity index (χ4v) is 1.81. The highest BCUT2D eigenvalue weighted by molar-refractivity contribution is 5.36. The number of hydrogen-bond acceptors (Lipinski definition) is 2. The summed E-state index contributed by atoms with van der Waals surface area (Å²) in [6.07, 6.45) is -4.79. The van der Waals surface area contributed by atoms with Gasteiger partial charge in [-0.05, 0) is 35.9 Å². The molecular weight excluding hydrogens is 293 g/mol. The van der Waals surface area contributed by atoms with Crippen LogP contribution in [0.25, 0.3) is 0 Å². The molecule has 0 bridgehead atoms. The van der Waals surface area contributed by atoms with E-state index in [1.54, 1.807) is 0 Å². The van der Waals surface area contributed by atoms with Crippen LogP contribution in [0, 0.1) is 11.6 Å². The summed E-state index contributed by atoms with van der Waals surface area (Å²) < 4.78 is 66.5. The van der Waals surface area contributed by atoms with E-state index in [0.29, 0.717) is 5.56 Å². The van der Waals surface area contributed by atoms with Crippen molar-refractivity contribution in [1.29, 1.82) is 0 Å². The first-order chi connectivity index (χ1) is 9.76. The monoisotopic (exact) mass is 303 g/mol. The SMILES string of the molecule is N[C@@H](c1ccc(OC(F)(F)F)cc1)c1cc(F)ccc1F. The predicted molar refractivity (Wildman–Crippen MR) is 65.5 cm³/mol. The van der Waals surface area contributed by atoms with Crippen LogP contribution in [0.4, 0.5) is 22.0 Å². The molecule has 0 fully saturated rings. The highest BCUT2D eigenvalue weighted by Gasteiger charge is 2.31. The van der Waals surface area contributed by atoms with Crippen molar-refractivity contribution in [1.82, 2.24) is 0 Å². The predicted octanol–water partition coefficient (Wildman–Crippen LogP) is 3.91. The average molecular weight is 303 g/mol. The third kappa shape index (κ3) is 3.91. The van der Waals surface area contributed by atoms with Crippen LogP contribution in [-0.4, -0.2) is 6.36 Å². The molecule has 0 aromatic heterocycles. The van der Waals surface area contributed by atoms with E-state index in [-0.39, 0.29) is 5.56 Å². The Morgan fingerprint density at radius 3 is 2.14 bits per heavy atom. The second-order valence-corrected chi connectivity index (χ2v) is 4.26. The molecule has 21 heavy (non-hydrogen) atoms. The van der Waals surface area contributed by atoms with E-state index in [4.69, 9.17) is 5.73 Å². The molecule has 0 saturated carbocycles. The Bertz CT molecular complexity index is 624. The summed E-state index contributed by atoms with van der Waals surface area (Å²) in [6, 6.07) is 6.46. The van der Waals surface area contributed by atoms with Gasteiger partial charge >= 0.3 is 6.36 Å². The number of hydrogen-bond donors (Lipinski definition) is 1. The van der Waals surface area contributed by atoms with E-state index in [1.165, 1.54) is 12.1 Å². The van der Waals surface area contributed by atoms with Crippen molar-refractivity contribution in [3.63, 3.8) is 0 Å². The Hall–Kier alpha value is -2.15. The van der Waals surface area contributed by atoms with Crippen LogP contribution in [0.15, 0.2) is 42.5 Å². The summed E-state index contributed by atoms with van der Waals surface area (Å²) in [7, 11) is 0. The zero-order valence-electron chi connectivity index (χ0n) is 10.5. The highest BCUT2D eigenvalue weighted by atomic mass is 19.4. The van der Waals surface area contributed by atoms with Gasteiger partial charge in [-0.2, -0.15) is 0 Å². The standard InChI is InChI=1S/C14H10F5NO/c15-9-3-6-12(16)11(7-9)13(20)8-1-4-10(5-2-8)21-14(17,18)19/h1-7,13H,20H2/t13-/m0/s1. The normalized spacial score (nSPS) is 13.0. The summed E-state index contributed by atoms with van der Waals surface area (Å²) in [4.78, 5) is 0. The van der Waals surface area contributed by atoms with Crippen LogP contribution in [0.3, 0.4) is 0 Å². The maximum atomic E-state index is 13.6. The number of rotatable bonds is 3. The quantitative estimate of drug-likeness (QED) is 0.873. The van der Waals surface area contributed by atoms with Crippen molar-refractivity contribution in [2.75, 3.05) is 0 Å². The fraction of sp³-hybridized carbons (Fsp3) is 0.143. The van der Waals surface area contributed by atoms with E-state index in [2.05, 4.69) is 4.74 Å². The number of halogens is 5. The molecule has 0 amide bonds. The van der Waals surface area contributed by atoms with Crippen LogP contribution in [-0.2, 0) is 0 Å². The van der Waals surface area contributed by atoms with Gasteiger partial charge in [0.25, 0.3) is 0 Å². The summed E-state index contributed by atoms with van der Waals surface area (Å²) in [5, 5.41) is 0. The maximum Gasteiger partial charge on any atom is 0.573 e. The molecule has 0 spiro atoms. The molecule has 0 saturated heterocycles. The molecule has 7 heteroatoms. The van der Waals surface area contributed by atoms with Crippen LogP contribution in [0.5, 0.6) is 5.75 Å². The largest absolute Gasteiger partial charge is 0.573 e. The molecule has 0 radical (unpaired) electrons. The first kappa shape index (κ1) is 15.2. The first-order valence-electron chi connectivity index (χ1n) is 5.82. The smallest absolute Gasteiger partial charge is 0.406 e. The van der Waals surface area contributed by atoms with Crippen LogP contribution in [0.1, 0.15) is 17.2 Å². The van der Waals surface area contributed by atoms with Gasteiger partial charge in [0.1, 0.15) is 17.4 Å². The van der Waals surface area contributed by atoms with E-state index >= 15 is 0 Å². The molecule has 2 aromatic rings. The average Bonchev–Trinajstić information content (AvgIpc) is 2.40. The van der Waals surface area contributed by atoms with Gasteiger partial charge in [-0.25, -0.2) is 8.78 Å². The number of nitrogens with two attached hydrogens (primary N) is 1. The zero-order chi connectivity index (χ0) is 15.6. The fourth-order valence-electron chi connectivity index (χ4n) is 1.81. The van der Waals surface area contributed by atoms with Crippen molar-refractivity contribution < 1.29 is 26.7 Å². The lowest BCUT2D eigenvalue weighted by molar-refractivity contribution is -0.274. The molecular formula is C14H10F5NO. The molecule has 1 atom stereocenters.